The Bertz CT molecular complexity index is 484. The maximum absolute atomic E-state index is 12.0. The summed E-state index contributed by atoms with van der Waals surface area (Å²) in [7, 11) is 0. The first-order valence-corrected chi connectivity index (χ1v) is 8.41. The molecule has 0 spiro atoms. The van der Waals surface area contributed by atoms with Crippen molar-refractivity contribution in [2.24, 2.45) is 5.92 Å². The van der Waals surface area contributed by atoms with Crippen LogP contribution >= 0.6 is 11.8 Å². The van der Waals surface area contributed by atoms with Crippen LogP contribution in [0.3, 0.4) is 0 Å². The van der Waals surface area contributed by atoms with E-state index < -0.39 is 0 Å². The fourth-order valence-corrected chi connectivity index (χ4v) is 2.87. The summed E-state index contributed by atoms with van der Waals surface area (Å²) in [5.74, 6) is 1.40. The number of aromatic nitrogens is 2. The summed E-state index contributed by atoms with van der Waals surface area (Å²) in [6, 6.07) is 2.41. The number of amides is 1. The van der Waals surface area contributed by atoms with E-state index in [0.29, 0.717) is 6.04 Å². The van der Waals surface area contributed by atoms with Crippen molar-refractivity contribution in [1.29, 1.82) is 0 Å². The summed E-state index contributed by atoms with van der Waals surface area (Å²) >= 11 is 1.55. The molecule has 0 bridgehead atoms. The van der Waals surface area contributed by atoms with Gasteiger partial charge in [0, 0.05) is 31.2 Å². The van der Waals surface area contributed by atoms with E-state index in [9.17, 15) is 4.79 Å². The lowest BCUT2D eigenvalue weighted by Gasteiger charge is -2.32. The maximum atomic E-state index is 12.0. The van der Waals surface area contributed by atoms with Crippen molar-refractivity contribution >= 4 is 23.5 Å². The Morgan fingerprint density at radius 1 is 1.35 bits per heavy atom. The Morgan fingerprint density at radius 2 is 2.10 bits per heavy atom. The molecular formula is C14H20N4OS. The van der Waals surface area contributed by atoms with Crippen LogP contribution in [0.15, 0.2) is 17.4 Å². The molecule has 0 radical (unpaired) electrons. The molecule has 2 aliphatic rings. The molecule has 2 heterocycles. The van der Waals surface area contributed by atoms with E-state index in [0.717, 1.165) is 49.7 Å². The number of piperidine rings is 1. The van der Waals surface area contributed by atoms with Gasteiger partial charge in [0.1, 0.15) is 5.82 Å². The van der Waals surface area contributed by atoms with E-state index in [1.807, 2.05) is 12.3 Å². The Balaban J connectivity index is 1.55. The van der Waals surface area contributed by atoms with Crippen molar-refractivity contribution in [3.63, 3.8) is 0 Å². The van der Waals surface area contributed by atoms with E-state index in [1.54, 1.807) is 18.0 Å². The molecule has 1 amide bonds. The molecule has 2 fully saturated rings. The van der Waals surface area contributed by atoms with Crippen molar-refractivity contribution < 1.29 is 4.79 Å². The number of thioether (sulfide) groups is 1. The van der Waals surface area contributed by atoms with Gasteiger partial charge >= 0.3 is 0 Å². The van der Waals surface area contributed by atoms with Crippen molar-refractivity contribution in [1.82, 2.24) is 15.3 Å². The normalized spacial score (nSPS) is 19.9. The topological polar surface area (TPSA) is 58.1 Å². The van der Waals surface area contributed by atoms with Crippen LogP contribution in [0.4, 0.5) is 5.82 Å². The van der Waals surface area contributed by atoms with Crippen molar-refractivity contribution in [3.05, 3.63) is 12.3 Å². The van der Waals surface area contributed by atoms with Gasteiger partial charge in [0.15, 0.2) is 5.16 Å². The second-order valence-corrected chi connectivity index (χ2v) is 6.22. The summed E-state index contributed by atoms with van der Waals surface area (Å²) < 4.78 is 0. The molecule has 108 valence electrons. The average Bonchev–Trinajstić information content (AvgIpc) is 3.31. The number of anilines is 1. The van der Waals surface area contributed by atoms with Crippen LogP contribution < -0.4 is 10.2 Å². The molecular weight excluding hydrogens is 272 g/mol. The zero-order valence-corrected chi connectivity index (χ0v) is 12.5. The summed E-state index contributed by atoms with van der Waals surface area (Å²) in [5, 5.41) is 3.91. The zero-order valence-electron chi connectivity index (χ0n) is 11.7. The number of nitrogens with one attached hydrogen (secondary N) is 1. The lowest BCUT2D eigenvalue weighted by atomic mass is 9.96. The third kappa shape index (κ3) is 3.23. The van der Waals surface area contributed by atoms with Gasteiger partial charge in [-0.1, -0.05) is 11.8 Å². The molecule has 1 saturated heterocycles. The molecule has 6 heteroatoms. The number of hydrogen-bond acceptors (Lipinski definition) is 5. The highest BCUT2D eigenvalue weighted by molar-refractivity contribution is 7.98. The predicted octanol–water partition coefficient (Wildman–Crippen LogP) is 1.69. The van der Waals surface area contributed by atoms with Crippen molar-refractivity contribution in [3.8, 4) is 0 Å². The molecule has 1 N–H and O–H groups in total. The number of rotatable bonds is 4. The molecule has 20 heavy (non-hydrogen) atoms. The Hall–Kier alpha value is -1.30. The fourth-order valence-electron chi connectivity index (χ4n) is 2.52. The van der Waals surface area contributed by atoms with Gasteiger partial charge in [-0.25, -0.2) is 9.97 Å². The minimum Gasteiger partial charge on any atom is -0.356 e. The summed E-state index contributed by atoms with van der Waals surface area (Å²) in [6.07, 6.45) is 7.92. The summed E-state index contributed by atoms with van der Waals surface area (Å²) in [5.41, 5.74) is 0. The molecule has 1 saturated carbocycles. The number of carbonyl (C=O) groups is 1. The van der Waals surface area contributed by atoms with E-state index in [4.69, 9.17) is 0 Å². The van der Waals surface area contributed by atoms with Gasteiger partial charge in [-0.15, -0.1) is 0 Å². The van der Waals surface area contributed by atoms with Gasteiger partial charge in [-0.05, 0) is 38.0 Å². The largest absolute Gasteiger partial charge is 0.356 e. The SMILES string of the molecule is CSc1nccc(N2CCC(C(=O)NC3CC3)CC2)n1. The molecule has 1 aromatic rings. The van der Waals surface area contributed by atoms with Gasteiger partial charge in [-0.2, -0.15) is 0 Å². The summed E-state index contributed by atoms with van der Waals surface area (Å²) in [4.78, 5) is 23.0. The molecule has 1 aliphatic carbocycles. The smallest absolute Gasteiger partial charge is 0.223 e. The van der Waals surface area contributed by atoms with E-state index >= 15 is 0 Å². The number of nitrogens with zero attached hydrogens (tertiary/aromatic N) is 3. The predicted molar refractivity (Wildman–Crippen MR) is 79.9 cm³/mol. The van der Waals surface area contributed by atoms with E-state index in [-0.39, 0.29) is 11.8 Å². The third-order valence-electron chi connectivity index (χ3n) is 3.91. The van der Waals surface area contributed by atoms with Crippen LogP contribution in [-0.4, -0.2) is 41.3 Å². The van der Waals surface area contributed by atoms with E-state index in [1.165, 1.54) is 0 Å². The Morgan fingerprint density at radius 3 is 2.75 bits per heavy atom. The van der Waals surface area contributed by atoms with Crippen LogP contribution in [-0.2, 0) is 4.79 Å². The lowest BCUT2D eigenvalue weighted by molar-refractivity contribution is -0.125. The van der Waals surface area contributed by atoms with E-state index in [2.05, 4.69) is 20.2 Å². The molecule has 5 nitrogen and oxygen atoms in total. The molecule has 0 aromatic carbocycles. The first kappa shape index (κ1) is 13.7. The van der Waals surface area contributed by atoms with Crippen molar-refractivity contribution in [2.45, 2.75) is 36.9 Å². The molecule has 0 atom stereocenters. The van der Waals surface area contributed by atoms with Crippen molar-refractivity contribution in [2.75, 3.05) is 24.2 Å². The standard InChI is InChI=1S/C14H20N4OS/c1-20-14-15-7-4-12(17-14)18-8-5-10(6-9-18)13(19)16-11-2-3-11/h4,7,10-11H,2-3,5-6,8-9H2,1H3,(H,16,19). The van der Waals surface area contributed by atoms with Crippen LogP contribution in [0.2, 0.25) is 0 Å². The van der Waals surface area contributed by atoms with Gasteiger partial charge in [-0.3, -0.25) is 4.79 Å². The first-order chi connectivity index (χ1) is 9.76. The minimum atomic E-state index is 0.175. The van der Waals surface area contributed by atoms with Gasteiger partial charge in [0.2, 0.25) is 5.91 Å². The highest BCUT2D eigenvalue weighted by Crippen LogP contribution is 2.25. The minimum absolute atomic E-state index is 0.175. The van der Waals surface area contributed by atoms with Crippen LogP contribution in [0.5, 0.6) is 0 Å². The number of hydrogen-bond donors (Lipinski definition) is 1. The Labute approximate surface area is 123 Å². The highest BCUT2D eigenvalue weighted by atomic mass is 32.2. The molecule has 1 aliphatic heterocycles. The molecule has 1 aromatic heterocycles. The van der Waals surface area contributed by atoms with Gasteiger partial charge in [0.25, 0.3) is 0 Å². The second-order valence-electron chi connectivity index (χ2n) is 5.45. The quantitative estimate of drug-likeness (QED) is 0.676. The Kier molecular flexibility index (Phi) is 4.10. The average molecular weight is 292 g/mol. The molecule has 0 unspecified atom stereocenters. The number of carbonyl (C=O) groups excluding carboxylic acids is 1. The monoisotopic (exact) mass is 292 g/mol. The highest BCUT2D eigenvalue weighted by Gasteiger charge is 2.30. The van der Waals surface area contributed by atoms with Crippen LogP contribution in [0.25, 0.3) is 0 Å². The zero-order chi connectivity index (χ0) is 13.9. The summed E-state index contributed by atoms with van der Waals surface area (Å²) in [6.45, 7) is 1.79. The van der Waals surface area contributed by atoms with Gasteiger partial charge < -0.3 is 10.2 Å². The fraction of sp³-hybridized carbons (Fsp3) is 0.643. The lowest BCUT2D eigenvalue weighted by Crippen LogP contribution is -2.41. The van der Waals surface area contributed by atoms with Crippen LogP contribution in [0, 0.1) is 5.92 Å². The first-order valence-electron chi connectivity index (χ1n) is 7.18. The van der Waals surface area contributed by atoms with Gasteiger partial charge in [0.05, 0.1) is 0 Å². The van der Waals surface area contributed by atoms with Crippen LogP contribution in [0.1, 0.15) is 25.7 Å². The third-order valence-corrected chi connectivity index (χ3v) is 4.48. The maximum Gasteiger partial charge on any atom is 0.223 e. The second kappa shape index (κ2) is 5.99. The molecule has 3 rings (SSSR count).